The molecule has 0 aliphatic carbocycles. The van der Waals surface area contributed by atoms with Crippen molar-refractivity contribution in [3.63, 3.8) is 0 Å². The lowest BCUT2D eigenvalue weighted by atomic mass is 10.1. The second-order valence-electron chi connectivity index (χ2n) is 4.35. The van der Waals surface area contributed by atoms with E-state index in [1.165, 1.54) is 12.1 Å². The van der Waals surface area contributed by atoms with Crippen LogP contribution in [0, 0.1) is 10.5 Å². The van der Waals surface area contributed by atoms with Gasteiger partial charge in [-0.3, -0.25) is 0 Å². The first-order chi connectivity index (χ1) is 9.72. The van der Waals surface area contributed by atoms with Gasteiger partial charge in [0.05, 0.1) is 0 Å². The molecule has 1 heterocycles. The topological polar surface area (TPSA) is 28.7 Å². The highest BCUT2D eigenvalue weighted by Crippen LogP contribution is 2.21. The first-order valence-electron chi connectivity index (χ1n) is 6.15. The third-order valence-corrected chi connectivity index (χ3v) is 3.15. The van der Waals surface area contributed by atoms with Gasteiger partial charge in [0.15, 0.2) is 0 Å². The first-order valence-corrected chi connectivity index (χ1v) is 6.56. The van der Waals surface area contributed by atoms with Gasteiger partial charge < -0.3 is 4.98 Å². The summed E-state index contributed by atoms with van der Waals surface area (Å²) in [4.78, 5) is 7.57. The van der Waals surface area contributed by atoms with Crippen LogP contribution in [0.2, 0.25) is 0 Å². The minimum absolute atomic E-state index is 0.260. The van der Waals surface area contributed by atoms with Gasteiger partial charge >= 0.3 is 0 Å². The van der Waals surface area contributed by atoms with Crippen molar-refractivity contribution in [3.05, 3.63) is 71.1 Å². The molecular weight excluding hydrogens is 271 g/mol. The van der Waals surface area contributed by atoms with E-state index in [-0.39, 0.29) is 5.82 Å². The number of nitrogens with zero attached hydrogens (tertiary/aromatic N) is 1. The van der Waals surface area contributed by atoms with E-state index in [9.17, 15) is 4.39 Å². The molecule has 0 amide bonds. The molecule has 2 nitrogen and oxygen atoms in total. The fourth-order valence-corrected chi connectivity index (χ4v) is 2.18. The summed E-state index contributed by atoms with van der Waals surface area (Å²) in [5, 5.41) is 0. The van der Waals surface area contributed by atoms with Crippen molar-refractivity contribution < 1.29 is 4.39 Å². The number of benzene rings is 2. The van der Waals surface area contributed by atoms with Gasteiger partial charge in [-0.25, -0.2) is 9.37 Å². The molecule has 98 valence electrons. The summed E-state index contributed by atoms with van der Waals surface area (Å²) in [5.74, 6) is 0.446. The van der Waals surface area contributed by atoms with Gasteiger partial charge in [0.25, 0.3) is 0 Å². The van der Waals surface area contributed by atoms with Gasteiger partial charge in [0.2, 0.25) is 0 Å². The van der Waals surface area contributed by atoms with E-state index in [0.717, 1.165) is 16.8 Å². The minimum atomic E-state index is -0.260. The monoisotopic (exact) mass is 282 g/mol. The number of rotatable bonds is 2. The van der Waals surface area contributed by atoms with Gasteiger partial charge in [-0.05, 0) is 35.9 Å². The quantitative estimate of drug-likeness (QED) is 0.695. The maximum Gasteiger partial charge on any atom is 0.139 e. The fourth-order valence-electron chi connectivity index (χ4n) is 1.98. The lowest BCUT2D eigenvalue weighted by Gasteiger charge is -2.06. The number of hydrogen-bond donors (Lipinski definition) is 1. The zero-order valence-electron chi connectivity index (χ0n) is 10.5. The van der Waals surface area contributed by atoms with Crippen LogP contribution in [0.4, 0.5) is 4.39 Å². The van der Waals surface area contributed by atoms with E-state index < -0.39 is 0 Å². The van der Waals surface area contributed by atoms with Gasteiger partial charge in [0.1, 0.15) is 16.3 Å². The molecule has 0 fully saturated rings. The van der Waals surface area contributed by atoms with Gasteiger partial charge in [-0.15, -0.1) is 0 Å². The summed E-state index contributed by atoms with van der Waals surface area (Å²) < 4.78 is 13.5. The van der Waals surface area contributed by atoms with Gasteiger partial charge in [0, 0.05) is 11.3 Å². The highest BCUT2D eigenvalue weighted by atomic mass is 32.1. The van der Waals surface area contributed by atoms with Crippen molar-refractivity contribution in [3.8, 4) is 22.6 Å². The predicted octanol–water partition coefficient (Wildman–Crippen LogP) is 4.61. The van der Waals surface area contributed by atoms with Crippen LogP contribution in [-0.2, 0) is 0 Å². The van der Waals surface area contributed by atoms with Crippen molar-refractivity contribution in [2.75, 3.05) is 0 Å². The molecule has 4 heteroatoms. The van der Waals surface area contributed by atoms with Crippen molar-refractivity contribution >= 4 is 12.2 Å². The lowest BCUT2D eigenvalue weighted by Crippen LogP contribution is -1.92. The summed E-state index contributed by atoms with van der Waals surface area (Å²) >= 11 is 5.21. The van der Waals surface area contributed by atoms with Crippen LogP contribution in [0.5, 0.6) is 0 Å². The zero-order valence-corrected chi connectivity index (χ0v) is 11.3. The molecule has 0 aliphatic heterocycles. The van der Waals surface area contributed by atoms with Gasteiger partial charge in [-0.1, -0.05) is 42.5 Å². The van der Waals surface area contributed by atoms with Crippen LogP contribution in [0.15, 0.2) is 60.7 Å². The van der Waals surface area contributed by atoms with Crippen LogP contribution in [0.3, 0.4) is 0 Å². The number of aromatic nitrogens is 2. The molecule has 3 rings (SSSR count). The Labute approximate surface area is 121 Å². The highest BCUT2D eigenvalue weighted by Gasteiger charge is 2.04. The molecule has 0 bridgehead atoms. The smallest absolute Gasteiger partial charge is 0.139 e. The Balaban J connectivity index is 2.12. The Morgan fingerprint density at radius 2 is 1.60 bits per heavy atom. The molecule has 0 saturated carbocycles. The average Bonchev–Trinajstić information content (AvgIpc) is 2.48. The van der Waals surface area contributed by atoms with E-state index in [4.69, 9.17) is 12.2 Å². The van der Waals surface area contributed by atoms with Crippen molar-refractivity contribution in [1.29, 1.82) is 0 Å². The first kappa shape index (κ1) is 12.7. The molecule has 20 heavy (non-hydrogen) atoms. The second-order valence-corrected chi connectivity index (χ2v) is 4.77. The Morgan fingerprint density at radius 3 is 2.30 bits per heavy atom. The molecule has 1 N–H and O–H groups in total. The number of aromatic amines is 1. The summed E-state index contributed by atoms with van der Waals surface area (Å²) in [6.07, 6.45) is 0. The summed E-state index contributed by atoms with van der Waals surface area (Å²) in [6.45, 7) is 0. The standard InChI is InChI=1S/C16H11FN2S/c17-13-8-6-11(7-9-13)14-10-15(20)19-16(18-14)12-4-2-1-3-5-12/h1-10H,(H,18,19,20). The van der Waals surface area contributed by atoms with E-state index >= 15 is 0 Å². The number of halogens is 1. The predicted molar refractivity (Wildman–Crippen MR) is 80.3 cm³/mol. The average molecular weight is 282 g/mol. The maximum absolute atomic E-state index is 13.0. The number of nitrogens with one attached hydrogen (secondary N) is 1. The van der Waals surface area contributed by atoms with Gasteiger partial charge in [-0.2, -0.15) is 0 Å². The third-order valence-electron chi connectivity index (χ3n) is 2.95. The van der Waals surface area contributed by atoms with E-state index in [2.05, 4.69) is 9.97 Å². The molecular formula is C16H11FN2S. The molecule has 0 unspecified atom stereocenters. The zero-order chi connectivity index (χ0) is 13.9. The number of hydrogen-bond acceptors (Lipinski definition) is 2. The summed E-state index contributed by atoms with van der Waals surface area (Å²) in [6, 6.07) is 17.8. The van der Waals surface area contributed by atoms with Crippen molar-refractivity contribution in [2.24, 2.45) is 0 Å². The van der Waals surface area contributed by atoms with E-state index in [1.807, 2.05) is 30.3 Å². The van der Waals surface area contributed by atoms with Crippen LogP contribution >= 0.6 is 12.2 Å². The maximum atomic E-state index is 13.0. The molecule has 3 aromatic rings. The Bertz CT molecular complexity index is 780. The molecule has 2 aromatic carbocycles. The van der Waals surface area contributed by atoms with Crippen LogP contribution in [0.1, 0.15) is 0 Å². The summed E-state index contributed by atoms with van der Waals surface area (Å²) in [7, 11) is 0. The third kappa shape index (κ3) is 2.65. The van der Waals surface area contributed by atoms with E-state index in [0.29, 0.717) is 10.5 Å². The van der Waals surface area contributed by atoms with Crippen LogP contribution in [-0.4, -0.2) is 9.97 Å². The molecule has 0 aliphatic rings. The Kier molecular flexibility index (Phi) is 3.39. The summed E-state index contributed by atoms with van der Waals surface area (Å²) in [5.41, 5.74) is 2.66. The lowest BCUT2D eigenvalue weighted by molar-refractivity contribution is 0.628. The molecule has 0 radical (unpaired) electrons. The van der Waals surface area contributed by atoms with Crippen LogP contribution < -0.4 is 0 Å². The molecule has 0 spiro atoms. The van der Waals surface area contributed by atoms with Crippen molar-refractivity contribution in [2.45, 2.75) is 0 Å². The van der Waals surface area contributed by atoms with Crippen molar-refractivity contribution in [1.82, 2.24) is 9.97 Å². The second kappa shape index (κ2) is 5.35. The molecule has 0 saturated heterocycles. The van der Waals surface area contributed by atoms with E-state index in [1.54, 1.807) is 18.2 Å². The Hall–Kier alpha value is -2.33. The Morgan fingerprint density at radius 1 is 0.900 bits per heavy atom. The minimum Gasteiger partial charge on any atom is -0.339 e. The highest BCUT2D eigenvalue weighted by molar-refractivity contribution is 7.71. The largest absolute Gasteiger partial charge is 0.339 e. The molecule has 1 aromatic heterocycles. The van der Waals surface area contributed by atoms with Crippen LogP contribution in [0.25, 0.3) is 22.6 Å². The SMILES string of the molecule is Fc1ccc(-c2cc(=S)nc(-c3ccccc3)[nH]2)cc1. The molecule has 0 atom stereocenters. The fraction of sp³-hybridized carbons (Fsp3) is 0. The number of H-pyrrole nitrogens is 1. The normalized spacial score (nSPS) is 10.4.